The molecule has 0 unspecified atom stereocenters. The van der Waals surface area contributed by atoms with Gasteiger partial charge in [-0.3, -0.25) is 0 Å². The lowest BCUT2D eigenvalue weighted by Crippen LogP contribution is -2.05. The van der Waals surface area contributed by atoms with Crippen molar-refractivity contribution in [3.05, 3.63) is 22.8 Å². The molecule has 0 aliphatic heterocycles. The molecule has 3 nitrogen and oxygen atoms in total. The molecular weight excluding hydrogens is 178 g/mol. The van der Waals surface area contributed by atoms with E-state index in [-0.39, 0.29) is 0 Å². The van der Waals surface area contributed by atoms with Crippen molar-refractivity contribution in [1.82, 2.24) is 0 Å². The summed E-state index contributed by atoms with van der Waals surface area (Å²) in [6.07, 6.45) is 0. The third-order valence-electron chi connectivity index (χ3n) is 2.52. The van der Waals surface area contributed by atoms with E-state index in [0.717, 1.165) is 17.1 Å². The van der Waals surface area contributed by atoms with Crippen molar-refractivity contribution >= 4 is 0 Å². The molecule has 0 radical (unpaired) electrons. The molecule has 0 atom stereocenters. The molecule has 3 heteroatoms. The Morgan fingerprint density at radius 2 is 1.86 bits per heavy atom. The van der Waals surface area contributed by atoms with Crippen LogP contribution in [0.15, 0.2) is 6.07 Å². The maximum atomic E-state index is 5.68. The van der Waals surface area contributed by atoms with E-state index in [1.807, 2.05) is 19.9 Å². The Bertz CT molecular complexity index is 335. The van der Waals surface area contributed by atoms with Crippen molar-refractivity contribution in [2.45, 2.75) is 20.4 Å². The van der Waals surface area contributed by atoms with Gasteiger partial charge in [-0.15, -0.1) is 0 Å². The zero-order valence-electron chi connectivity index (χ0n) is 9.18. The standard InChI is InChI=1S/C11H17NO2/c1-7-5-10(13-3)11(14-4)9(6-12)8(7)2/h5H,6,12H2,1-4H3. The lowest BCUT2D eigenvalue weighted by atomic mass is 10.0. The number of hydrogen-bond acceptors (Lipinski definition) is 3. The van der Waals surface area contributed by atoms with Gasteiger partial charge in [0.25, 0.3) is 0 Å². The Kier molecular flexibility index (Phi) is 3.36. The van der Waals surface area contributed by atoms with Crippen molar-refractivity contribution in [2.24, 2.45) is 5.73 Å². The molecule has 0 saturated heterocycles. The Morgan fingerprint density at radius 3 is 2.29 bits per heavy atom. The summed E-state index contributed by atoms with van der Waals surface area (Å²) in [6, 6.07) is 1.97. The van der Waals surface area contributed by atoms with Crippen LogP contribution in [0.4, 0.5) is 0 Å². The average molecular weight is 195 g/mol. The largest absolute Gasteiger partial charge is 0.493 e. The SMILES string of the molecule is COc1cc(C)c(C)c(CN)c1OC. The minimum absolute atomic E-state index is 0.465. The highest BCUT2D eigenvalue weighted by atomic mass is 16.5. The van der Waals surface area contributed by atoms with Gasteiger partial charge in [0.1, 0.15) is 0 Å². The van der Waals surface area contributed by atoms with Crippen molar-refractivity contribution < 1.29 is 9.47 Å². The van der Waals surface area contributed by atoms with E-state index in [2.05, 4.69) is 0 Å². The zero-order chi connectivity index (χ0) is 10.7. The van der Waals surface area contributed by atoms with Gasteiger partial charge < -0.3 is 15.2 Å². The number of methoxy groups -OCH3 is 2. The molecule has 1 aromatic rings. The molecule has 0 bridgehead atoms. The highest BCUT2D eigenvalue weighted by molar-refractivity contribution is 5.53. The van der Waals surface area contributed by atoms with E-state index in [0.29, 0.717) is 6.54 Å². The van der Waals surface area contributed by atoms with Gasteiger partial charge in [-0.2, -0.15) is 0 Å². The molecule has 0 amide bonds. The lowest BCUT2D eigenvalue weighted by molar-refractivity contribution is 0.351. The van der Waals surface area contributed by atoms with Gasteiger partial charge in [0.2, 0.25) is 0 Å². The molecular formula is C11H17NO2. The summed E-state index contributed by atoms with van der Waals surface area (Å²) in [5.41, 5.74) is 9.04. The van der Waals surface area contributed by atoms with E-state index in [1.54, 1.807) is 14.2 Å². The van der Waals surface area contributed by atoms with Crippen molar-refractivity contribution in [1.29, 1.82) is 0 Å². The Balaban J connectivity index is 3.42. The molecule has 78 valence electrons. The summed E-state index contributed by atoms with van der Waals surface area (Å²) in [4.78, 5) is 0. The van der Waals surface area contributed by atoms with E-state index >= 15 is 0 Å². The number of rotatable bonds is 3. The van der Waals surface area contributed by atoms with E-state index in [9.17, 15) is 0 Å². The van der Waals surface area contributed by atoms with Gasteiger partial charge in [0.15, 0.2) is 11.5 Å². The van der Waals surface area contributed by atoms with Crippen molar-refractivity contribution in [3.63, 3.8) is 0 Å². The molecule has 0 saturated carbocycles. The minimum atomic E-state index is 0.465. The number of nitrogens with two attached hydrogens (primary N) is 1. The highest BCUT2D eigenvalue weighted by Crippen LogP contribution is 2.34. The summed E-state index contributed by atoms with van der Waals surface area (Å²) in [7, 11) is 3.26. The smallest absolute Gasteiger partial charge is 0.165 e. The molecule has 0 heterocycles. The van der Waals surface area contributed by atoms with Crippen LogP contribution in [0.5, 0.6) is 11.5 Å². The molecule has 0 aromatic heterocycles. The lowest BCUT2D eigenvalue weighted by Gasteiger charge is -2.16. The minimum Gasteiger partial charge on any atom is -0.493 e. The molecule has 2 N–H and O–H groups in total. The van der Waals surface area contributed by atoms with Crippen LogP contribution in [0, 0.1) is 13.8 Å². The fraction of sp³-hybridized carbons (Fsp3) is 0.455. The van der Waals surface area contributed by atoms with Gasteiger partial charge in [0.05, 0.1) is 14.2 Å². The first kappa shape index (κ1) is 10.9. The fourth-order valence-electron chi connectivity index (χ4n) is 1.55. The van der Waals surface area contributed by atoms with Crippen LogP contribution in [0.2, 0.25) is 0 Å². The number of hydrogen-bond donors (Lipinski definition) is 1. The first-order chi connectivity index (χ1) is 6.65. The topological polar surface area (TPSA) is 44.5 Å². The highest BCUT2D eigenvalue weighted by Gasteiger charge is 2.13. The van der Waals surface area contributed by atoms with Crippen LogP contribution in [0.1, 0.15) is 16.7 Å². The van der Waals surface area contributed by atoms with Crippen molar-refractivity contribution in [3.8, 4) is 11.5 Å². The quantitative estimate of drug-likeness (QED) is 0.799. The zero-order valence-corrected chi connectivity index (χ0v) is 9.18. The molecule has 1 aromatic carbocycles. The molecule has 14 heavy (non-hydrogen) atoms. The third kappa shape index (κ3) is 1.68. The van der Waals surface area contributed by atoms with Gasteiger partial charge in [-0.25, -0.2) is 0 Å². The predicted octanol–water partition coefficient (Wildman–Crippen LogP) is 1.78. The van der Waals surface area contributed by atoms with Crippen LogP contribution in [0.25, 0.3) is 0 Å². The Labute approximate surface area is 84.8 Å². The normalized spacial score (nSPS) is 10.1. The Morgan fingerprint density at radius 1 is 1.21 bits per heavy atom. The first-order valence-corrected chi connectivity index (χ1v) is 4.56. The number of benzene rings is 1. The average Bonchev–Trinajstić information content (AvgIpc) is 2.20. The van der Waals surface area contributed by atoms with Gasteiger partial charge in [0, 0.05) is 12.1 Å². The van der Waals surface area contributed by atoms with Gasteiger partial charge in [-0.05, 0) is 31.0 Å². The summed E-state index contributed by atoms with van der Waals surface area (Å²) in [6.45, 7) is 4.54. The molecule has 0 aliphatic carbocycles. The third-order valence-corrected chi connectivity index (χ3v) is 2.52. The Hall–Kier alpha value is -1.22. The monoisotopic (exact) mass is 195 g/mol. The van der Waals surface area contributed by atoms with Crippen LogP contribution in [0.3, 0.4) is 0 Å². The maximum absolute atomic E-state index is 5.68. The van der Waals surface area contributed by atoms with Crippen molar-refractivity contribution in [2.75, 3.05) is 14.2 Å². The summed E-state index contributed by atoms with van der Waals surface area (Å²) >= 11 is 0. The second-order valence-corrected chi connectivity index (χ2v) is 3.24. The van der Waals surface area contributed by atoms with Crippen LogP contribution in [-0.2, 0) is 6.54 Å². The first-order valence-electron chi connectivity index (χ1n) is 4.56. The van der Waals surface area contributed by atoms with Gasteiger partial charge >= 0.3 is 0 Å². The van der Waals surface area contributed by atoms with Crippen LogP contribution in [-0.4, -0.2) is 14.2 Å². The summed E-state index contributed by atoms with van der Waals surface area (Å²) in [5, 5.41) is 0. The molecule has 0 fully saturated rings. The van der Waals surface area contributed by atoms with Gasteiger partial charge in [-0.1, -0.05) is 0 Å². The molecule has 1 rings (SSSR count). The van der Waals surface area contributed by atoms with Crippen LogP contribution < -0.4 is 15.2 Å². The van der Waals surface area contributed by atoms with Crippen LogP contribution >= 0.6 is 0 Å². The molecule has 0 aliphatic rings. The summed E-state index contributed by atoms with van der Waals surface area (Å²) in [5.74, 6) is 1.49. The number of ether oxygens (including phenoxy) is 2. The maximum Gasteiger partial charge on any atom is 0.165 e. The number of aryl methyl sites for hydroxylation is 1. The molecule has 0 spiro atoms. The van der Waals surface area contributed by atoms with E-state index < -0.39 is 0 Å². The summed E-state index contributed by atoms with van der Waals surface area (Å²) < 4.78 is 10.5. The predicted molar refractivity (Wildman–Crippen MR) is 56.9 cm³/mol. The van der Waals surface area contributed by atoms with E-state index in [1.165, 1.54) is 11.1 Å². The fourth-order valence-corrected chi connectivity index (χ4v) is 1.55. The second-order valence-electron chi connectivity index (χ2n) is 3.24. The second kappa shape index (κ2) is 4.33. The van der Waals surface area contributed by atoms with E-state index in [4.69, 9.17) is 15.2 Å².